The van der Waals surface area contributed by atoms with Crippen molar-refractivity contribution in [3.05, 3.63) is 28.2 Å². The summed E-state index contributed by atoms with van der Waals surface area (Å²) in [5, 5.41) is 3.42. The SMILES string of the molecule is CC(CNC(C)(C)C)CN1C(=O)C(=O)c2ccc(Br)cc21. The van der Waals surface area contributed by atoms with Gasteiger partial charge in [0.25, 0.3) is 11.7 Å². The number of nitrogens with one attached hydrogen (secondary N) is 1. The minimum atomic E-state index is -0.425. The van der Waals surface area contributed by atoms with Crippen molar-refractivity contribution in [2.24, 2.45) is 5.92 Å². The molecule has 1 aromatic carbocycles. The van der Waals surface area contributed by atoms with Crippen LogP contribution in [0.3, 0.4) is 0 Å². The number of nitrogens with zero attached hydrogens (tertiary/aromatic N) is 1. The maximum Gasteiger partial charge on any atom is 0.299 e. The molecule has 0 aliphatic carbocycles. The highest BCUT2D eigenvalue weighted by Gasteiger charge is 2.36. The lowest BCUT2D eigenvalue weighted by Gasteiger charge is -2.26. The van der Waals surface area contributed by atoms with Crippen molar-refractivity contribution in [3.8, 4) is 0 Å². The zero-order valence-corrected chi connectivity index (χ0v) is 14.5. The van der Waals surface area contributed by atoms with Crippen LogP contribution in [0.2, 0.25) is 0 Å². The quantitative estimate of drug-likeness (QED) is 0.847. The molecule has 0 fully saturated rings. The van der Waals surface area contributed by atoms with Crippen molar-refractivity contribution >= 4 is 33.3 Å². The third-order valence-corrected chi connectivity index (χ3v) is 3.90. The average molecular weight is 353 g/mol. The van der Waals surface area contributed by atoms with E-state index in [1.54, 1.807) is 17.0 Å². The number of amides is 1. The van der Waals surface area contributed by atoms with Gasteiger partial charge in [0.15, 0.2) is 0 Å². The second-order valence-corrected chi connectivity index (χ2v) is 7.56. The van der Waals surface area contributed by atoms with E-state index in [9.17, 15) is 9.59 Å². The van der Waals surface area contributed by atoms with Crippen LogP contribution < -0.4 is 10.2 Å². The summed E-state index contributed by atoms with van der Waals surface area (Å²) in [6, 6.07) is 5.33. The molecule has 21 heavy (non-hydrogen) atoms. The first-order chi connectivity index (χ1) is 9.69. The van der Waals surface area contributed by atoms with Crippen LogP contribution in [0.25, 0.3) is 0 Å². The largest absolute Gasteiger partial charge is 0.312 e. The number of rotatable bonds is 4. The Kier molecular flexibility index (Phi) is 4.54. The minimum Gasteiger partial charge on any atom is -0.312 e. The van der Waals surface area contributed by atoms with E-state index in [0.717, 1.165) is 11.0 Å². The Morgan fingerprint density at radius 3 is 2.57 bits per heavy atom. The topological polar surface area (TPSA) is 49.4 Å². The molecule has 1 aliphatic heterocycles. The standard InChI is InChI=1S/C16H21BrN2O2/c1-10(8-18-16(2,3)4)9-19-13-7-11(17)5-6-12(13)14(20)15(19)21/h5-7,10,18H,8-9H2,1-4H3. The fourth-order valence-corrected chi connectivity index (χ4v) is 2.65. The van der Waals surface area contributed by atoms with Crippen LogP contribution in [0.15, 0.2) is 22.7 Å². The molecule has 2 rings (SSSR count). The average Bonchev–Trinajstić information content (AvgIpc) is 2.60. The second kappa shape index (κ2) is 5.89. The number of ketones is 1. The fraction of sp³-hybridized carbons (Fsp3) is 0.500. The molecule has 4 nitrogen and oxygen atoms in total. The first-order valence-electron chi connectivity index (χ1n) is 7.10. The van der Waals surface area contributed by atoms with Gasteiger partial charge in [-0.15, -0.1) is 0 Å². The summed E-state index contributed by atoms with van der Waals surface area (Å²) in [4.78, 5) is 25.7. The van der Waals surface area contributed by atoms with Crippen LogP contribution in [0.1, 0.15) is 38.1 Å². The van der Waals surface area contributed by atoms with Gasteiger partial charge in [-0.2, -0.15) is 0 Å². The van der Waals surface area contributed by atoms with E-state index >= 15 is 0 Å². The summed E-state index contributed by atoms with van der Waals surface area (Å²) in [6.45, 7) is 9.73. The first-order valence-corrected chi connectivity index (χ1v) is 7.89. The van der Waals surface area contributed by atoms with Crippen LogP contribution in [-0.2, 0) is 4.79 Å². The van der Waals surface area contributed by atoms with E-state index in [1.165, 1.54) is 0 Å². The van der Waals surface area contributed by atoms with Crippen LogP contribution in [0.5, 0.6) is 0 Å². The highest BCUT2D eigenvalue weighted by Crippen LogP contribution is 2.32. The van der Waals surface area contributed by atoms with E-state index in [-0.39, 0.29) is 11.5 Å². The third-order valence-electron chi connectivity index (χ3n) is 3.41. The van der Waals surface area contributed by atoms with Crippen molar-refractivity contribution in [1.29, 1.82) is 0 Å². The van der Waals surface area contributed by atoms with Gasteiger partial charge in [-0.05, 0) is 51.4 Å². The Bertz CT molecular complexity index is 578. The molecule has 0 saturated carbocycles. The molecule has 1 aliphatic rings. The molecular formula is C16H21BrN2O2. The van der Waals surface area contributed by atoms with E-state index in [4.69, 9.17) is 0 Å². The van der Waals surface area contributed by atoms with Crippen molar-refractivity contribution in [3.63, 3.8) is 0 Å². The molecule has 1 heterocycles. The maximum atomic E-state index is 12.2. The monoisotopic (exact) mass is 352 g/mol. The summed E-state index contributed by atoms with van der Waals surface area (Å²) in [5.74, 6) is -0.579. The lowest BCUT2D eigenvalue weighted by molar-refractivity contribution is -0.114. The number of hydrogen-bond acceptors (Lipinski definition) is 3. The Balaban J connectivity index is 2.12. The maximum absolute atomic E-state index is 12.2. The Morgan fingerprint density at radius 1 is 1.29 bits per heavy atom. The molecule has 1 amide bonds. The number of halogens is 1. The predicted octanol–water partition coefficient (Wildman–Crippen LogP) is 3.00. The zero-order chi connectivity index (χ0) is 15.8. The van der Waals surface area contributed by atoms with Gasteiger partial charge in [0.2, 0.25) is 0 Å². The zero-order valence-electron chi connectivity index (χ0n) is 12.9. The summed E-state index contributed by atoms with van der Waals surface area (Å²) in [5.41, 5.74) is 1.25. The van der Waals surface area contributed by atoms with E-state index < -0.39 is 11.7 Å². The van der Waals surface area contributed by atoms with E-state index in [2.05, 4.69) is 48.9 Å². The number of carbonyl (C=O) groups is 2. The van der Waals surface area contributed by atoms with Crippen LogP contribution in [0.4, 0.5) is 5.69 Å². The molecule has 114 valence electrons. The van der Waals surface area contributed by atoms with Gasteiger partial charge >= 0.3 is 0 Å². The molecule has 5 heteroatoms. The smallest absolute Gasteiger partial charge is 0.299 e. The number of Topliss-reactive ketones (excluding diaryl/α,β-unsaturated/α-hetero) is 1. The summed E-state index contributed by atoms with van der Waals surface area (Å²) in [6.07, 6.45) is 0. The van der Waals surface area contributed by atoms with Crippen molar-refractivity contribution in [2.75, 3.05) is 18.0 Å². The molecule has 1 N–H and O–H groups in total. The molecule has 0 bridgehead atoms. The molecule has 0 aromatic heterocycles. The number of benzene rings is 1. The van der Waals surface area contributed by atoms with E-state index in [0.29, 0.717) is 17.8 Å². The number of anilines is 1. The van der Waals surface area contributed by atoms with Crippen LogP contribution in [-0.4, -0.2) is 30.3 Å². The highest BCUT2D eigenvalue weighted by atomic mass is 79.9. The van der Waals surface area contributed by atoms with Crippen molar-refractivity contribution < 1.29 is 9.59 Å². The van der Waals surface area contributed by atoms with Gasteiger partial charge in [-0.25, -0.2) is 0 Å². The van der Waals surface area contributed by atoms with Gasteiger partial charge in [-0.3, -0.25) is 9.59 Å². The normalized spacial score (nSPS) is 16.3. The van der Waals surface area contributed by atoms with Crippen LogP contribution >= 0.6 is 15.9 Å². The number of hydrogen-bond donors (Lipinski definition) is 1. The van der Waals surface area contributed by atoms with Crippen molar-refractivity contribution in [2.45, 2.75) is 33.2 Å². The predicted molar refractivity (Wildman–Crippen MR) is 87.7 cm³/mol. The Morgan fingerprint density at radius 2 is 1.95 bits per heavy atom. The summed E-state index contributed by atoms with van der Waals surface area (Å²) >= 11 is 3.39. The molecule has 0 radical (unpaired) electrons. The Hall–Kier alpha value is -1.20. The van der Waals surface area contributed by atoms with Gasteiger partial charge in [0.05, 0.1) is 11.3 Å². The first kappa shape index (κ1) is 16.2. The lowest BCUT2D eigenvalue weighted by Crippen LogP contribution is -2.42. The fourth-order valence-electron chi connectivity index (χ4n) is 2.31. The molecule has 0 spiro atoms. The summed E-state index contributed by atoms with van der Waals surface area (Å²) in [7, 11) is 0. The van der Waals surface area contributed by atoms with Gasteiger partial charge < -0.3 is 10.2 Å². The van der Waals surface area contributed by atoms with Crippen molar-refractivity contribution in [1.82, 2.24) is 5.32 Å². The van der Waals surface area contributed by atoms with Gasteiger partial charge in [0, 0.05) is 16.6 Å². The summed E-state index contributed by atoms with van der Waals surface area (Å²) < 4.78 is 0.870. The number of carbonyl (C=O) groups excluding carboxylic acids is 2. The lowest BCUT2D eigenvalue weighted by atomic mass is 10.1. The minimum absolute atomic E-state index is 0.0417. The number of fused-ring (bicyclic) bond motifs is 1. The molecule has 1 unspecified atom stereocenters. The van der Waals surface area contributed by atoms with Gasteiger partial charge in [0.1, 0.15) is 0 Å². The van der Waals surface area contributed by atoms with Crippen LogP contribution in [0, 0.1) is 5.92 Å². The highest BCUT2D eigenvalue weighted by molar-refractivity contribution is 9.10. The molecule has 1 aromatic rings. The molecular weight excluding hydrogens is 332 g/mol. The third kappa shape index (κ3) is 3.71. The van der Waals surface area contributed by atoms with Gasteiger partial charge in [-0.1, -0.05) is 22.9 Å². The Labute approximate surface area is 134 Å². The second-order valence-electron chi connectivity index (χ2n) is 6.64. The van der Waals surface area contributed by atoms with E-state index in [1.807, 2.05) is 6.07 Å². The molecule has 0 saturated heterocycles. The molecule has 1 atom stereocenters.